The van der Waals surface area contributed by atoms with Gasteiger partial charge in [0.25, 0.3) is 0 Å². The van der Waals surface area contributed by atoms with Crippen LogP contribution in [0.5, 0.6) is 0 Å². The summed E-state index contributed by atoms with van der Waals surface area (Å²) >= 11 is 0. The summed E-state index contributed by atoms with van der Waals surface area (Å²) in [6.45, 7) is 7.88. The molecule has 0 aromatic rings. The van der Waals surface area contributed by atoms with E-state index in [1.807, 2.05) is 19.9 Å². The fraction of sp³-hybridized carbons (Fsp3) is 0.615. The van der Waals surface area contributed by atoms with Crippen LogP contribution in [0.15, 0.2) is 23.8 Å². The monoisotopic (exact) mass is 222 g/mol. The zero-order valence-corrected chi connectivity index (χ0v) is 10.2. The first kappa shape index (κ1) is 11.6. The van der Waals surface area contributed by atoms with E-state index >= 15 is 0 Å². The maximum atomic E-state index is 12.3. The van der Waals surface area contributed by atoms with Gasteiger partial charge in [-0.1, -0.05) is 26.0 Å². The second-order valence-electron chi connectivity index (χ2n) is 5.20. The molecule has 0 amide bonds. The first-order valence-corrected chi connectivity index (χ1v) is 5.64. The Morgan fingerprint density at radius 2 is 2.25 bits per heavy atom. The molecule has 2 atom stereocenters. The van der Waals surface area contributed by atoms with E-state index in [2.05, 4.69) is 13.8 Å². The third kappa shape index (κ3) is 1.31. The van der Waals surface area contributed by atoms with Gasteiger partial charge in [0.15, 0.2) is 11.4 Å². The van der Waals surface area contributed by atoms with E-state index in [-0.39, 0.29) is 17.3 Å². The Balaban J connectivity index is 2.52. The van der Waals surface area contributed by atoms with Crippen molar-refractivity contribution < 1.29 is 14.6 Å². The van der Waals surface area contributed by atoms with Gasteiger partial charge in [-0.15, -0.1) is 0 Å². The van der Waals surface area contributed by atoms with Crippen molar-refractivity contribution in [2.45, 2.75) is 45.8 Å². The van der Waals surface area contributed by atoms with Crippen molar-refractivity contribution in [2.75, 3.05) is 0 Å². The topological polar surface area (TPSA) is 35.5 Å². The lowest BCUT2D eigenvalue weighted by atomic mass is 9.62. The number of ketones is 1. The average molecular weight is 222 g/mol. The average Bonchev–Trinajstić information content (AvgIpc) is 2.16. The van der Waals surface area contributed by atoms with E-state index in [0.29, 0.717) is 0 Å². The van der Waals surface area contributed by atoms with Crippen LogP contribution in [0, 0.1) is 5.41 Å². The van der Waals surface area contributed by atoms with Gasteiger partial charge < -0.3 is 0 Å². The maximum Gasteiger partial charge on any atom is 0.195 e. The van der Waals surface area contributed by atoms with Gasteiger partial charge in [-0.05, 0) is 31.9 Å². The Morgan fingerprint density at radius 3 is 2.75 bits per heavy atom. The Labute approximate surface area is 96.0 Å². The lowest BCUT2D eigenvalue weighted by Crippen LogP contribution is -2.61. The van der Waals surface area contributed by atoms with Gasteiger partial charge in [0.05, 0.1) is 0 Å². The molecule has 0 spiro atoms. The SMILES string of the molecule is C/C=C/C(=O)[C@]12OO[C@H](C=C1C)CC2(C)C. The summed E-state index contributed by atoms with van der Waals surface area (Å²) in [7, 11) is 0. The van der Waals surface area contributed by atoms with Crippen LogP contribution in [0.4, 0.5) is 0 Å². The quantitative estimate of drug-likeness (QED) is 0.409. The van der Waals surface area contributed by atoms with Crippen molar-refractivity contribution in [2.24, 2.45) is 5.41 Å². The molecule has 1 saturated heterocycles. The molecule has 0 aromatic heterocycles. The molecule has 3 nitrogen and oxygen atoms in total. The van der Waals surface area contributed by atoms with Crippen molar-refractivity contribution in [3.63, 3.8) is 0 Å². The molecule has 1 aliphatic carbocycles. The number of allylic oxidation sites excluding steroid dienone is 1. The highest BCUT2D eigenvalue weighted by atomic mass is 17.2. The van der Waals surface area contributed by atoms with Gasteiger partial charge >= 0.3 is 0 Å². The standard InChI is InChI=1S/C13H18O3/c1-5-6-11(14)13-9(2)7-10(15-16-13)8-12(13,3)4/h5-7,10H,8H2,1-4H3/b6-5+/t10-,13-/m1/s1. The summed E-state index contributed by atoms with van der Waals surface area (Å²) in [6.07, 6.45) is 6.10. The second kappa shape index (κ2) is 3.54. The molecule has 0 radical (unpaired) electrons. The summed E-state index contributed by atoms with van der Waals surface area (Å²) in [5, 5.41) is 0. The number of fused-ring (bicyclic) bond motifs is 2. The van der Waals surface area contributed by atoms with E-state index in [9.17, 15) is 4.79 Å². The van der Waals surface area contributed by atoms with E-state index in [1.165, 1.54) is 0 Å². The predicted molar refractivity (Wildman–Crippen MR) is 60.7 cm³/mol. The molecule has 0 saturated carbocycles. The van der Waals surface area contributed by atoms with Crippen LogP contribution in [-0.4, -0.2) is 17.5 Å². The summed E-state index contributed by atoms with van der Waals surface area (Å²) in [6, 6.07) is 0. The Hall–Kier alpha value is -0.930. The van der Waals surface area contributed by atoms with E-state index in [0.717, 1.165) is 12.0 Å². The van der Waals surface area contributed by atoms with E-state index < -0.39 is 5.60 Å². The molecule has 88 valence electrons. The summed E-state index contributed by atoms with van der Waals surface area (Å²) in [5.41, 5.74) is -0.206. The number of hydrogen-bond acceptors (Lipinski definition) is 3. The minimum atomic E-state index is -0.936. The second-order valence-corrected chi connectivity index (χ2v) is 5.20. The van der Waals surface area contributed by atoms with Crippen molar-refractivity contribution in [1.82, 2.24) is 0 Å². The predicted octanol–water partition coefficient (Wildman–Crippen LogP) is 2.58. The summed E-state index contributed by atoms with van der Waals surface area (Å²) < 4.78 is 0. The third-order valence-electron chi connectivity index (χ3n) is 3.62. The van der Waals surface area contributed by atoms with Crippen molar-refractivity contribution in [3.8, 4) is 0 Å². The number of carbonyl (C=O) groups is 1. The molecule has 16 heavy (non-hydrogen) atoms. The van der Waals surface area contributed by atoms with Crippen LogP contribution in [0.2, 0.25) is 0 Å². The molecular weight excluding hydrogens is 204 g/mol. The van der Waals surface area contributed by atoms with Crippen molar-refractivity contribution in [3.05, 3.63) is 23.8 Å². The first-order chi connectivity index (χ1) is 7.44. The third-order valence-corrected chi connectivity index (χ3v) is 3.62. The molecule has 2 aliphatic heterocycles. The minimum absolute atomic E-state index is 0.0183. The maximum absolute atomic E-state index is 12.3. The molecular formula is C13H18O3. The number of carbonyl (C=O) groups excluding carboxylic acids is 1. The number of hydrogen-bond donors (Lipinski definition) is 0. The highest BCUT2D eigenvalue weighted by Gasteiger charge is 2.60. The molecule has 0 N–H and O–H groups in total. The normalized spacial score (nSPS) is 36.5. The van der Waals surface area contributed by atoms with E-state index in [1.54, 1.807) is 12.2 Å². The fourth-order valence-corrected chi connectivity index (χ4v) is 2.85. The van der Waals surface area contributed by atoms with Crippen LogP contribution in [0.1, 0.15) is 34.1 Å². The molecule has 2 heterocycles. The van der Waals surface area contributed by atoms with Crippen LogP contribution < -0.4 is 0 Å². The summed E-state index contributed by atoms with van der Waals surface area (Å²) in [4.78, 5) is 22.9. The van der Waals surface area contributed by atoms with Gasteiger partial charge in [0.1, 0.15) is 6.10 Å². The zero-order chi connectivity index (χ0) is 12.0. The molecule has 3 heteroatoms. The van der Waals surface area contributed by atoms with Crippen LogP contribution in [0.3, 0.4) is 0 Å². The Kier molecular flexibility index (Phi) is 2.55. The minimum Gasteiger partial charge on any atom is -0.291 e. The van der Waals surface area contributed by atoms with Crippen LogP contribution in [-0.2, 0) is 14.6 Å². The van der Waals surface area contributed by atoms with Crippen molar-refractivity contribution >= 4 is 5.78 Å². The highest BCUT2D eigenvalue weighted by Crippen LogP contribution is 2.52. The van der Waals surface area contributed by atoms with Crippen LogP contribution in [0.25, 0.3) is 0 Å². The lowest BCUT2D eigenvalue weighted by Gasteiger charge is -2.52. The molecule has 2 bridgehead atoms. The zero-order valence-electron chi connectivity index (χ0n) is 10.2. The molecule has 0 unspecified atom stereocenters. The fourth-order valence-electron chi connectivity index (χ4n) is 2.85. The summed E-state index contributed by atoms with van der Waals surface area (Å²) in [5.74, 6) is -0.0353. The first-order valence-electron chi connectivity index (χ1n) is 5.64. The van der Waals surface area contributed by atoms with Gasteiger partial charge in [-0.2, -0.15) is 0 Å². The smallest absolute Gasteiger partial charge is 0.195 e. The van der Waals surface area contributed by atoms with Gasteiger partial charge in [0.2, 0.25) is 0 Å². The largest absolute Gasteiger partial charge is 0.291 e. The molecule has 3 rings (SSSR count). The van der Waals surface area contributed by atoms with Gasteiger partial charge in [-0.25, -0.2) is 9.78 Å². The van der Waals surface area contributed by atoms with Gasteiger partial charge in [0, 0.05) is 5.41 Å². The molecule has 0 aromatic carbocycles. The molecule has 3 aliphatic rings. The number of rotatable bonds is 2. The highest BCUT2D eigenvalue weighted by molar-refractivity contribution is 6.00. The lowest BCUT2D eigenvalue weighted by molar-refractivity contribution is -0.413. The Morgan fingerprint density at radius 1 is 1.56 bits per heavy atom. The molecule has 1 fully saturated rings. The van der Waals surface area contributed by atoms with Crippen molar-refractivity contribution in [1.29, 1.82) is 0 Å². The van der Waals surface area contributed by atoms with Gasteiger partial charge in [-0.3, -0.25) is 4.79 Å². The Bertz CT molecular complexity index is 379. The van der Waals surface area contributed by atoms with Crippen LogP contribution >= 0.6 is 0 Å². The van der Waals surface area contributed by atoms with E-state index in [4.69, 9.17) is 9.78 Å².